The Morgan fingerprint density at radius 1 is 1.21 bits per heavy atom. The molecule has 0 amide bonds. The molecule has 3 aromatic rings. The molecule has 0 spiro atoms. The molecule has 10 heteroatoms. The van der Waals surface area contributed by atoms with Crippen LogP contribution in [0.3, 0.4) is 0 Å². The molecule has 2 aromatic heterocycles. The third-order valence-electron chi connectivity index (χ3n) is 6.08. The van der Waals surface area contributed by atoms with Crippen LogP contribution in [0.5, 0.6) is 11.8 Å². The Labute approximate surface area is 207 Å². The second-order valence-electron chi connectivity index (χ2n) is 8.38. The van der Waals surface area contributed by atoms with Crippen molar-refractivity contribution in [2.24, 2.45) is 11.8 Å². The van der Waals surface area contributed by atoms with Gasteiger partial charge in [0.25, 0.3) is 0 Å². The second kappa shape index (κ2) is 8.78. The van der Waals surface area contributed by atoms with Gasteiger partial charge in [-0.15, -0.1) is 5.10 Å². The largest absolute Gasteiger partial charge is 0.424 e. The Hall–Kier alpha value is -2.94. The monoisotopic (exact) mass is 478 g/mol. The number of halogens is 2. The number of nitrogens with zero attached hydrogens (tertiary/aromatic N) is 6. The van der Waals surface area contributed by atoms with E-state index in [2.05, 4.69) is 30.3 Å². The number of hydrogen-bond acceptors (Lipinski definition) is 7. The maximum absolute atomic E-state index is 14.0. The third-order valence-corrected chi connectivity index (χ3v) is 6.30. The molecule has 1 N–H and O–H groups in total. The molecule has 1 aromatic carbocycles. The van der Waals surface area contributed by atoms with Crippen LogP contribution in [0.1, 0.15) is 47.9 Å². The van der Waals surface area contributed by atoms with Crippen LogP contribution in [-0.2, 0) is 0 Å². The first-order valence-corrected chi connectivity index (χ1v) is 10.9. The average Bonchev–Trinajstić information content (AvgIpc) is 3.31. The molecular formula is C23H27ClFN7O. The molecule has 1 saturated carbocycles. The average molecular weight is 479 g/mol. The van der Waals surface area contributed by atoms with Crippen LogP contribution in [0.2, 0.25) is 5.02 Å². The molecule has 1 saturated heterocycles. The number of aromatic nitrogens is 5. The number of nitrogens with one attached hydrogen (secondary N) is 1. The van der Waals surface area contributed by atoms with E-state index in [1.54, 1.807) is 0 Å². The highest BCUT2D eigenvalue weighted by Gasteiger charge is 2.43. The molecule has 2 bridgehead atoms. The highest BCUT2D eigenvalue weighted by molar-refractivity contribution is 6.30. The minimum absolute atomic E-state index is 0.00888. The number of piperidine rings is 1. The minimum Gasteiger partial charge on any atom is -0.424 e. The van der Waals surface area contributed by atoms with Crippen LogP contribution >= 0.6 is 11.6 Å². The smallest absolute Gasteiger partial charge is 0.322 e. The number of hydrogen-bond donors (Lipinski definition) is 1. The summed E-state index contributed by atoms with van der Waals surface area (Å²) >= 11 is 5.92. The number of rotatable bonds is 6. The predicted molar refractivity (Wildman–Crippen MR) is 124 cm³/mol. The lowest BCUT2D eigenvalue weighted by atomic mass is 9.92. The summed E-state index contributed by atoms with van der Waals surface area (Å²) in [4.78, 5) is 15.0. The van der Waals surface area contributed by atoms with Gasteiger partial charge in [0.15, 0.2) is 0 Å². The Bertz CT molecular complexity index is 1350. The summed E-state index contributed by atoms with van der Waals surface area (Å²) in [6, 6.07) is 1.22. The zero-order valence-corrected chi connectivity index (χ0v) is 18.6. The lowest BCUT2D eigenvalue weighted by Gasteiger charge is -2.38. The van der Waals surface area contributed by atoms with Crippen molar-refractivity contribution in [2.75, 3.05) is 23.3 Å². The number of anilines is 2. The molecule has 33 heavy (non-hydrogen) atoms. The molecule has 174 valence electrons. The summed E-state index contributed by atoms with van der Waals surface area (Å²) in [5.41, 5.74) is 0.863. The number of ether oxygens (including phenoxy) is 1. The van der Waals surface area contributed by atoms with Crippen molar-refractivity contribution < 1.29 is 18.7 Å². The molecule has 3 heterocycles. The molecule has 3 atom stereocenters. The van der Waals surface area contributed by atoms with E-state index in [4.69, 9.17) is 25.9 Å². The van der Waals surface area contributed by atoms with Crippen molar-refractivity contribution in [1.29, 1.82) is 0 Å². The maximum Gasteiger partial charge on any atom is 0.322 e. The first-order chi connectivity index (χ1) is 18.7. The quantitative estimate of drug-likeness (QED) is 0.541. The highest BCUT2D eigenvalue weighted by Crippen LogP contribution is 2.40. The van der Waals surface area contributed by atoms with Crippen molar-refractivity contribution >= 4 is 23.4 Å². The summed E-state index contributed by atoms with van der Waals surface area (Å²) in [7, 11) is 0. The van der Waals surface area contributed by atoms with Gasteiger partial charge in [-0.25, -0.2) is 19.0 Å². The highest BCUT2D eigenvalue weighted by atomic mass is 35.5. The van der Waals surface area contributed by atoms with Gasteiger partial charge in [-0.1, -0.05) is 11.6 Å². The fourth-order valence-corrected chi connectivity index (χ4v) is 4.88. The van der Waals surface area contributed by atoms with Gasteiger partial charge in [0.1, 0.15) is 23.7 Å². The van der Waals surface area contributed by atoms with Gasteiger partial charge in [0, 0.05) is 50.2 Å². The molecule has 8 nitrogen and oxygen atoms in total. The molecule has 1 aliphatic heterocycles. The van der Waals surface area contributed by atoms with Crippen molar-refractivity contribution in [3.8, 4) is 11.8 Å². The minimum atomic E-state index is -3.36. The molecule has 0 radical (unpaired) electrons. The Kier molecular flexibility index (Phi) is 4.00. The Balaban J connectivity index is 1.48. The lowest BCUT2D eigenvalue weighted by molar-refractivity contribution is 0.373. The first kappa shape index (κ1) is 15.1. The molecule has 5 rings (SSSR count). The number of fused-ring (bicyclic) bond motifs is 2. The summed E-state index contributed by atoms with van der Waals surface area (Å²) in [5, 5.41) is 7.37. The van der Waals surface area contributed by atoms with Crippen LogP contribution < -0.4 is 15.0 Å². The normalized spacial score (nSPS) is 26.3. The number of aryl methyl sites for hydroxylation is 1. The van der Waals surface area contributed by atoms with E-state index < -0.39 is 31.5 Å². The van der Waals surface area contributed by atoms with Gasteiger partial charge in [-0.3, -0.25) is 0 Å². The fourth-order valence-electron chi connectivity index (χ4n) is 4.67. The molecule has 2 fully saturated rings. The van der Waals surface area contributed by atoms with E-state index >= 15 is 0 Å². The SMILES string of the molecule is [2H]C([2H])([2H])C([2H])(n1nc(NC2[C@@H]3CC[C@H]2CN(c2cc(C)ncn2)C3)nc1Oc1cc(F)cc(Cl)c1)C([2H])([2H])[2H]. The van der Waals surface area contributed by atoms with Crippen molar-refractivity contribution in [3.63, 3.8) is 0 Å². The van der Waals surface area contributed by atoms with E-state index in [1.165, 1.54) is 12.4 Å². The van der Waals surface area contributed by atoms with Gasteiger partial charge in [0.05, 0.1) is 7.39 Å². The predicted octanol–water partition coefficient (Wildman–Crippen LogP) is 4.87. The lowest BCUT2D eigenvalue weighted by Crippen LogP contribution is -2.48. The second-order valence-corrected chi connectivity index (χ2v) is 8.81. The molecule has 2 aliphatic rings. The summed E-state index contributed by atoms with van der Waals surface area (Å²) in [6.45, 7) is -3.42. The van der Waals surface area contributed by atoms with Crippen molar-refractivity contribution in [1.82, 2.24) is 24.7 Å². The van der Waals surface area contributed by atoms with Crippen LogP contribution in [-0.4, -0.2) is 43.9 Å². The standard InChI is InChI=1S/C23H27ClFN7O/c1-13(2)32-23(33-19-8-17(24)7-18(25)9-19)29-22(30-32)28-21-15-4-5-16(21)11-31(10-15)20-6-14(3)26-12-27-20/h6-9,12-13,15-16,21H,4-5,10-11H2,1-3H3,(H,28,30)/t15-,16+,21?/i1D3,2D3,13D. The summed E-state index contributed by atoms with van der Waals surface area (Å²) in [6.07, 6.45) is 3.37. The first-order valence-electron chi connectivity index (χ1n) is 14.1. The Morgan fingerprint density at radius 3 is 2.70 bits per heavy atom. The van der Waals surface area contributed by atoms with E-state index in [0.29, 0.717) is 17.8 Å². The third kappa shape index (κ3) is 4.59. The van der Waals surface area contributed by atoms with Crippen LogP contribution in [0.25, 0.3) is 0 Å². The molecule has 1 aliphatic carbocycles. The summed E-state index contributed by atoms with van der Waals surface area (Å²) in [5.74, 6) is 0.159. The number of benzene rings is 1. The van der Waals surface area contributed by atoms with Crippen LogP contribution in [0.4, 0.5) is 16.2 Å². The van der Waals surface area contributed by atoms with E-state index in [0.717, 1.165) is 36.5 Å². The topological polar surface area (TPSA) is 81.0 Å². The van der Waals surface area contributed by atoms with Gasteiger partial charge >= 0.3 is 6.01 Å². The van der Waals surface area contributed by atoms with E-state index in [1.807, 2.05) is 13.0 Å². The van der Waals surface area contributed by atoms with Crippen LogP contribution in [0, 0.1) is 24.6 Å². The maximum atomic E-state index is 14.0. The molecule has 1 unspecified atom stereocenters. The van der Waals surface area contributed by atoms with Gasteiger partial charge in [-0.05, 0) is 57.4 Å². The summed E-state index contributed by atoms with van der Waals surface area (Å²) < 4.78 is 76.1. The Morgan fingerprint density at radius 2 is 2.00 bits per heavy atom. The van der Waals surface area contributed by atoms with Gasteiger partial charge in [0.2, 0.25) is 5.95 Å². The zero-order valence-electron chi connectivity index (χ0n) is 24.8. The van der Waals surface area contributed by atoms with Crippen molar-refractivity contribution in [2.45, 2.75) is 45.5 Å². The van der Waals surface area contributed by atoms with Gasteiger partial charge < -0.3 is 15.0 Å². The van der Waals surface area contributed by atoms with Crippen molar-refractivity contribution in [3.05, 3.63) is 47.1 Å². The fraction of sp³-hybridized carbons (Fsp3) is 0.478. The zero-order chi connectivity index (χ0) is 29.0. The van der Waals surface area contributed by atoms with E-state index in [-0.39, 0.29) is 34.6 Å². The molecular weight excluding hydrogens is 445 g/mol. The van der Waals surface area contributed by atoms with Gasteiger partial charge in [-0.2, -0.15) is 4.98 Å². The van der Waals surface area contributed by atoms with Crippen LogP contribution in [0.15, 0.2) is 30.6 Å². The van der Waals surface area contributed by atoms with E-state index in [9.17, 15) is 4.39 Å².